The van der Waals surface area contributed by atoms with Crippen LogP contribution in [-0.2, 0) is 0 Å². The summed E-state index contributed by atoms with van der Waals surface area (Å²) >= 11 is 0. The predicted octanol–water partition coefficient (Wildman–Crippen LogP) is 4.03. The third-order valence-corrected chi connectivity index (χ3v) is 6.72. The smallest absolute Gasteiger partial charge is 0.257 e. The molecule has 144 valence electrons. The summed E-state index contributed by atoms with van der Waals surface area (Å²) in [7, 11) is 0. The van der Waals surface area contributed by atoms with Crippen LogP contribution < -0.4 is 10.6 Å². The summed E-state index contributed by atoms with van der Waals surface area (Å²) in [6.07, 6.45) is 10.6. The minimum Gasteiger partial charge on any atom is -0.347 e. The molecule has 0 saturated heterocycles. The van der Waals surface area contributed by atoms with Crippen molar-refractivity contribution in [3.63, 3.8) is 0 Å². The number of pyridine rings is 1. The number of benzene rings is 1. The quantitative estimate of drug-likeness (QED) is 0.847. The van der Waals surface area contributed by atoms with Crippen molar-refractivity contribution < 1.29 is 9.59 Å². The van der Waals surface area contributed by atoms with Crippen LogP contribution >= 0.6 is 0 Å². The van der Waals surface area contributed by atoms with Crippen LogP contribution in [0.5, 0.6) is 0 Å². The lowest BCUT2D eigenvalue weighted by Crippen LogP contribution is -2.59. The molecule has 0 atom stereocenters. The van der Waals surface area contributed by atoms with Gasteiger partial charge in [0.1, 0.15) is 0 Å². The van der Waals surface area contributed by atoms with Crippen molar-refractivity contribution in [1.29, 1.82) is 0 Å². The Bertz CT molecular complexity index is 874. The molecule has 5 heteroatoms. The third-order valence-electron chi connectivity index (χ3n) is 6.72. The van der Waals surface area contributed by atoms with Crippen LogP contribution in [0.3, 0.4) is 0 Å². The summed E-state index contributed by atoms with van der Waals surface area (Å²) in [5.74, 6) is 2.11. The minimum atomic E-state index is -0.230. The average Bonchev–Trinajstić information content (AvgIpc) is 2.67. The number of anilines is 1. The topological polar surface area (TPSA) is 71.1 Å². The highest BCUT2D eigenvalue weighted by Crippen LogP contribution is 2.55. The summed E-state index contributed by atoms with van der Waals surface area (Å²) in [4.78, 5) is 29.3. The first-order valence-corrected chi connectivity index (χ1v) is 10.2. The van der Waals surface area contributed by atoms with Gasteiger partial charge >= 0.3 is 0 Å². The molecule has 6 rings (SSSR count). The van der Waals surface area contributed by atoms with Gasteiger partial charge in [-0.1, -0.05) is 6.07 Å². The fourth-order valence-corrected chi connectivity index (χ4v) is 6.02. The number of carbonyl (C=O) groups excluding carboxylic acids is 2. The third kappa shape index (κ3) is 3.30. The van der Waals surface area contributed by atoms with E-state index in [4.69, 9.17) is 0 Å². The summed E-state index contributed by atoms with van der Waals surface area (Å²) in [5, 5.41) is 6.25. The lowest BCUT2D eigenvalue weighted by molar-refractivity contribution is -0.0167. The number of nitrogens with one attached hydrogen (secondary N) is 2. The zero-order valence-electron chi connectivity index (χ0n) is 15.9. The molecule has 1 aromatic heterocycles. The molecule has 4 aliphatic rings. The molecule has 4 saturated carbocycles. The molecule has 0 aliphatic heterocycles. The van der Waals surface area contributed by atoms with E-state index >= 15 is 0 Å². The molecule has 4 aliphatic carbocycles. The van der Waals surface area contributed by atoms with E-state index in [-0.39, 0.29) is 17.4 Å². The van der Waals surface area contributed by atoms with E-state index in [2.05, 4.69) is 15.6 Å². The van der Waals surface area contributed by atoms with Crippen LogP contribution in [0.2, 0.25) is 0 Å². The van der Waals surface area contributed by atoms with Crippen LogP contribution in [0, 0.1) is 17.8 Å². The molecular formula is C23H25N3O2. The molecule has 0 radical (unpaired) electrons. The molecular weight excluding hydrogens is 350 g/mol. The Balaban J connectivity index is 1.30. The monoisotopic (exact) mass is 375 g/mol. The first kappa shape index (κ1) is 17.4. The van der Waals surface area contributed by atoms with E-state index in [9.17, 15) is 9.59 Å². The van der Waals surface area contributed by atoms with Gasteiger partial charge in [-0.15, -0.1) is 0 Å². The van der Waals surface area contributed by atoms with Crippen molar-refractivity contribution in [2.45, 2.75) is 44.1 Å². The van der Waals surface area contributed by atoms with E-state index in [1.54, 1.807) is 30.5 Å². The maximum Gasteiger partial charge on any atom is 0.257 e. The molecule has 28 heavy (non-hydrogen) atoms. The Morgan fingerprint density at radius 3 is 2.21 bits per heavy atom. The van der Waals surface area contributed by atoms with Gasteiger partial charge in [-0.05, 0) is 86.6 Å². The second-order valence-corrected chi connectivity index (χ2v) is 8.93. The highest BCUT2D eigenvalue weighted by Gasteiger charge is 2.51. The Kier molecular flexibility index (Phi) is 4.18. The molecule has 1 heterocycles. The van der Waals surface area contributed by atoms with E-state index in [1.807, 2.05) is 12.1 Å². The van der Waals surface area contributed by atoms with Crippen molar-refractivity contribution >= 4 is 17.5 Å². The Labute approximate surface area is 164 Å². The molecule has 4 fully saturated rings. The lowest BCUT2D eigenvalue weighted by atomic mass is 9.53. The number of hydrogen-bond donors (Lipinski definition) is 2. The van der Waals surface area contributed by atoms with Gasteiger partial charge in [0.15, 0.2) is 0 Å². The molecule has 5 nitrogen and oxygen atoms in total. The minimum absolute atomic E-state index is 0.0131. The van der Waals surface area contributed by atoms with E-state index in [0.29, 0.717) is 16.8 Å². The number of carbonyl (C=O) groups is 2. The molecule has 0 unspecified atom stereocenters. The van der Waals surface area contributed by atoms with Crippen LogP contribution in [0.25, 0.3) is 0 Å². The maximum atomic E-state index is 13.0. The molecule has 4 bridgehead atoms. The highest BCUT2D eigenvalue weighted by atomic mass is 16.2. The first-order valence-electron chi connectivity index (χ1n) is 10.2. The van der Waals surface area contributed by atoms with Crippen molar-refractivity contribution in [2.24, 2.45) is 17.8 Å². The van der Waals surface area contributed by atoms with Gasteiger partial charge in [0.25, 0.3) is 11.8 Å². The second-order valence-electron chi connectivity index (χ2n) is 8.93. The van der Waals surface area contributed by atoms with E-state index < -0.39 is 0 Å². The van der Waals surface area contributed by atoms with Crippen molar-refractivity contribution in [3.8, 4) is 0 Å². The van der Waals surface area contributed by atoms with Crippen molar-refractivity contribution in [3.05, 3.63) is 59.9 Å². The molecule has 0 spiro atoms. The fraction of sp³-hybridized carbons (Fsp3) is 0.435. The average molecular weight is 375 g/mol. The van der Waals surface area contributed by atoms with Crippen LogP contribution in [0.1, 0.15) is 59.2 Å². The number of nitrogens with zero attached hydrogens (tertiary/aromatic N) is 1. The van der Waals surface area contributed by atoms with Gasteiger partial charge in [0.05, 0.1) is 5.56 Å². The Morgan fingerprint density at radius 2 is 1.57 bits per heavy atom. The lowest BCUT2D eigenvalue weighted by Gasteiger charge is -2.56. The van der Waals surface area contributed by atoms with Crippen LogP contribution in [0.15, 0.2) is 48.8 Å². The van der Waals surface area contributed by atoms with Gasteiger partial charge in [0, 0.05) is 29.2 Å². The number of amides is 2. The SMILES string of the molecule is O=C(Nc1cccc(C(=O)NC23CC4CC(CC(C4)C2)C3)c1)c1cccnc1. The normalized spacial score (nSPS) is 30.1. The van der Waals surface area contributed by atoms with Gasteiger partial charge in [-0.3, -0.25) is 14.6 Å². The molecule has 1 aromatic carbocycles. The zero-order chi connectivity index (χ0) is 19.1. The summed E-state index contributed by atoms with van der Waals surface area (Å²) in [6.45, 7) is 0. The van der Waals surface area contributed by atoms with Crippen LogP contribution in [0.4, 0.5) is 5.69 Å². The Hall–Kier alpha value is -2.69. The second kappa shape index (κ2) is 6.73. The zero-order valence-corrected chi connectivity index (χ0v) is 15.9. The summed E-state index contributed by atoms with van der Waals surface area (Å²) in [6, 6.07) is 10.6. The Morgan fingerprint density at radius 1 is 0.893 bits per heavy atom. The van der Waals surface area contributed by atoms with Crippen LogP contribution in [-0.4, -0.2) is 22.3 Å². The summed E-state index contributed by atoms with van der Waals surface area (Å²) < 4.78 is 0. The van der Waals surface area contributed by atoms with Gasteiger partial charge in [0.2, 0.25) is 0 Å². The summed E-state index contributed by atoms with van der Waals surface area (Å²) in [5.41, 5.74) is 1.69. The van der Waals surface area contributed by atoms with Crippen molar-refractivity contribution in [1.82, 2.24) is 10.3 Å². The predicted molar refractivity (Wildman–Crippen MR) is 107 cm³/mol. The number of rotatable bonds is 4. The fourth-order valence-electron chi connectivity index (χ4n) is 6.02. The maximum absolute atomic E-state index is 13.0. The molecule has 2 aromatic rings. The number of aromatic nitrogens is 1. The number of hydrogen-bond acceptors (Lipinski definition) is 3. The van der Waals surface area contributed by atoms with E-state index in [0.717, 1.165) is 37.0 Å². The molecule has 2 N–H and O–H groups in total. The standard InChI is InChI=1S/C23H25N3O2/c27-21(19-4-2-6-24-14-19)25-20-5-1-3-18(10-20)22(28)26-23-11-15-7-16(12-23)9-17(8-15)13-23/h1-6,10,14-17H,7-9,11-13H2,(H,25,27)(H,26,28). The van der Waals surface area contributed by atoms with E-state index in [1.165, 1.54) is 25.5 Å². The molecule has 2 amide bonds. The highest BCUT2D eigenvalue weighted by molar-refractivity contribution is 6.05. The van der Waals surface area contributed by atoms with Gasteiger partial charge in [-0.25, -0.2) is 0 Å². The van der Waals surface area contributed by atoms with Gasteiger partial charge in [-0.2, -0.15) is 0 Å². The largest absolute Gasteiger partial charge is 0.347 e. The van der Waals surface area contributed by atoms with Crippen molar-refractivity contribution in [2.75, 3.05) is 5.32 Å². The first-order chi connectivity index (χ1) is 13.6. The van der Waals surface area contributed by atoms with Gasteiger partial charge < -0.3 is 10.6 Å².